The molecule has 1 N–H and O–H groups in total. The van der Waals surface area contributed by atoms with Crippen molar-refractivity contribution in [2.24, 2.45) is 0 Å². The number of nitrogens with zero attached hydrogens (tertiary/aromatic N) is 2. The molecule has 0 radical (unpaired) electrons. The number of H-pyrrole nitrogens is 1. The molecule has 13 heavy (non-hydrogen) atoms. The summed E-state index contributed by atoms with van der Waals surface area (Å²) in [5, 5.41) is 3.94. The fourth-order valence-corrected chi connectivity index (χ4v) is 1.11. The molecule has 0 bridgehead atoms. The highest BCUT2D eigenvalue weighted by Gasteiger charge is 2.31. The maximum absolute atomic E-state index is 12.5. The van der Waals surface area contributed by atoms with E-state index in [-0.39, 0.29) is 0 Å². The van der Waals surface area contributed by atoms with E-state index >= 15 is 0 Å². The third kappa shape index (κ3) is 2.34. The number of rotatable bonds is 2. The Balaban J connectivity index is 3.16. The van der Waals surface area contributed by atoms with Crippen molar-refractivity contribution in [2.45, 2.75) is 18.0 Å². The Bertz CT molecular complexity index is 409. The van der Waals surface area contributed by atoms with Crippen LogP contribution in [0.1, 0.15) is 12.7 Å². The highest BCUT2D eigenvalue weighted by Crippen LogP contribution is 2.24. The van der Waals surface area contributed by atoms with E-state index in [9.17, 15) is 17.2 Å². The average Bonchev–Trinajstić information content (AvgIpc) is 2.28. The van der Waals surface area contributed by atoms with Crippen molar-refractivity contribution in [3.05, 3.63) is 5.82 Å². The van der Waals surface area contributed by atoms with Gasteiger partial charge in [-0.25, -0.2) is 8.42 Å². The van der Waals surface area contributed by atoms with E-state index < -0.39 is 26.0 Å². The van der Waals surface area contributed by atoms with E-state index in [0.717, 1.165) is 0 Å². The minimum absolute atomic E-state index is 0.554. The van der Waals surface area contributed by atoms with Gasteiger partial charge in [0.25, 0.3) is 14.2 Å². The molecule has 9 heteroatoms. The lowest BCUT2D eigenvalue weighted by Crippen LogP contribution is -2.09. The molecule has 0 amide bonds. The summed E-state index contributed by atoms with van der Waals surface area (Å²) in [5.74, 6) is -4.11. The molecular weight excluding hydrogens is 228 g/mol. The Morgan fingerprint density at radius 2 is 2.08 bits per heavy atom. The van der Waals surface area contributed by atoms with Gasteiger partial charge in [-0.05, 0) is 0 Å². The summed E-state index contributed by atoms with van der Waals surface area (Å²) < 4.78 is 46.1. The van der Waals surface area contributed by atoms with Crippen LogP contribution in [0.15, 0.2) is 5.16 Å². The van der Waals surface area contributed by atoms with Gasteiger partial charge < -0.3 is 0 Å². The third-order valence-corrected chi connectivity index (χ3v) is 2.13. The summed E-state index contributed by atoms with van der Waals surface area (Å²) in [6, 6.07) is 0. The SMILES string of the molecule is CC(F)(F)c1nc(S(=O)(=O)Cl)n[nH]1. The number of alkyl halides is 2. The van der Waals surface area contributed by atoms with E-state index in [4.69, 9.17) is 10.7 Å². The first-order chi connectivity index (χ1) is 5.71. The summed E-state index contributed by atoms with van der Waals surface area (Å²) in [7, 11) is 0.647. The summed E-state index contributed by atoms with van der Waals surface area (Å²) in [6.07, 6.45) is 0. The van der Waals surface area contributed by atoms with Crippen molar-refractivity contribution in [2.75, 3.05) is 0 Å². The molecule has 1 heterocycles. The van der Waals surface area contributed by atoms with Crippen LogP contribution in [0.2, 0.25) is 0 Å². The van der Waals surface area contributed by atoms with Crippen LogP contribution in [-0.2, 0) is 15.0 Å². The van der Waals surface area contributed by atoms with Gasteiger partial charge in [-0.1, -0.05) is 0 Å². The van der Waals surface area contributed by atoms with Gasteiger partial charge in [0.1, 0.15) is 0 Å². The van der Waals surface area contributed by atoms with Gasteiger partial charge >= 0.3 is 5.92 Å². The Kier molecular flexibility index (Phi) is 2.28. The molecule has 1 rings (SSSR count). The zero-order valence-corrected chi connectivity index (χ0v) is 7.83. The molecule has 0 atom stereocenters. The highest BCUT2D eigenvalue weighted by atomic mass is 35.7. The minimum atomic E-state index is -4.16. The smallest absolute Gasteiger partial charge is 0.257 e. The average molecular weight is 232 g/mol. The molecule has 1 aromatic heterocycles. The van der Waals surface area contributed by atoms with Crippen LogP contribution in [0.5, 0.6) is 0 Å². The molecule has 0 fully saturated rings. The molecule has 5 nitrogen and oxygen atoms in total. The Morgan fingerprint density at radius 3 is 2.31 bits per heavy atom. The number of halogens is 3. The number of hydrogen-bond donors (Lipinski definition) is 1. The van der Waals surface area contributed by atoms with Crippen molar-refractivity contribution in [1.29, 1.82) is 0 Å². The number of nitrogens with one attached hydrogen (secondary N) is 1. The van der Waals surface area contributed by atoms with Crippen LogP contribution < -0.4 is 0 Å². The lowest BCUT2D eigenvalue weighted by molar-refractivity contribution is 0.00789. The summed E-state index contributed by atoms with van der Waals surface area (Å²) >= 11 is 0. The Morgan fingerprint density at radius 1 is 1.54 bits per heavy atom. The van der Waals surface area contributed by atoms with Crippen molar-refractivity contribution in [3.63, 3.8) is 0 Å². The second-order valence-electron chi connectivity index (χ2n) is 2.29. The topological polar surface area (TPSA) is 75.7 Å². The van der Waals surface area contributed by atoms with Crippen molar-refractivity contribution >= 4 is 19.7 Å². The first-order valence-electron chi connectivity index (χ1n) is 2.96. The second-order valence-corrected chi connectivity index (χ2v) is 4.75. The molecule has 0 aliphatic carbocycles. The third-order valence-electron chi connectivity index (χ3n) is 1.10. The first kappa shape index (κ1) is 10.3. The van der Waals surface area contributed by atoms with E-state index in [2.05, 4.69) is 10.1 Å². The van der Waals surface area contributed by atoms with Crippen LogP contribution in [0, 0.1) is 0 Å². The van der Waals surface area contributed by atoms with Crippen molar-refractivity contribution in [3.8, 4) is 0 Å². The summed E-state index contributed by atoms with van der Waals surface area (Å²) in [6.45, 7) is 0.554. The molecule has 0 aliphatic heterocycles. The van der Waals surface area contributed by atoms with Gasteiger partial charge in [0.05, 0.1) is 0 Å². The summed E-state index contributed by atoms with van der Waals surface area (Å²) in [5.41, 5.74) is 0. The molecule has 0 saturated heterocycles. The van der Waals surface area contributed by atoms with Gasteiger partial charge in [0.15, 0.2) is 5.82 Å². The largest absolute Gasteiger partial charge is 0.303 e. The molecular formula is C4H4ClF2N3O2S. The van der Waals surface area contributed by atoms with Crippen LogP contribution in [0.3, 0.4) is 0 Å². The molecule has 0 saturated carbocycles. The lowest BCUT2D eigenvalue weighted by atomic mass is 10.4. The quantitative estimate of drug-likeness (QED) is 0.766. The van der Waals surface area contributed by atoms with Crippen LogP contribution >= 0.6 is 10.7 Å². The summed E-state index contributed by atoms with van der Waals surface area (Å²) in [4.78, 5) is 3.02. The van der Waals surface area contributed by atoms with Gasteiger partial charge in [-0.15, -0.1) is 5.10 Å². The Labute approximate surface area is 76.5 Å². The monoisotopic (exact) mass is 231 g/mol. The Hall–Kier alpha value is -0.760. The van der Waals surface area contributed by atoms with Crippen LogP contribution in [0.25, 0.3) is 0 Å². The van der Waals surface area contributed by atoms with E-state index in [1.807, 2.05) is 0 Å². The highest BCUT2D eigenvalue weighted by molar-refractivity contribution is 8.13. The zero-order chi connectivity index (χ0) is 10.3. The fourth-order valence-electron chi connectivity index (χ4n) is 0.552. The van der Waals surface area contributed by atoms with Gasteiger partial charge in [0, 0.05) is 17.6 Å². The normalized spacial score (nSPS) is 13.2. The molecule has 0 unspecified atom stereocenters. The maximum atomic E-state index is 12.5. The van der Waals surface area contributed by atoms with E-state index in [0.29, 0.717) is 6.92 Å². The molecule has 0 spiro atoms. The standard InChI is InChI=1S/C4H4ClF2N3O2S/c1-4(6,7)2-8-3(10-9-2)13(5,11)12/h1H3,(H,8,9,10). The van der Waals surface area contributed by atoms with Crippen LogP contribution in [-0.4, -0.2) is 23.6 Å². The van der Waals surface area contributed by atoms with Gasteiger partial charge in [-0.2, -0.15) is 13.8 Å². The van der Waals surface area contributed by atoms with E-state index in [1.54, 1.807) is 5.10 Å². The van der Waals surface area contributed by atoms with Gasteiger partial charge in [0.2, 0.25) is 0 Å². The van der Waals surface area contributed by atoms with Crippen molar-refractivity contribution in [1.82, 2.24) is 15.2 Å². The molecule has 0 aliphatic rings. The lowest BCUT2D eigenvalue weighted by Gasteiger charge is -2.02. The number of aromatic amines is 1. The second kappa shape index (κ2) is 2.88. The van der Waals surface area contributed by atoms with Crippen molar-refractivity contribution < 1.29 is 17.2 Å². The first-order valence-corrected chi connectivity index (χ1v) is 5.27. The number of hydrogen-bond acceptors (Lipinski definition) is 4. The number of aromatic nitrogens is 3. The van der Waals surface area contributed by atoms with Gasteiger partial charge in [-0.3, -0.25) is 5.10 Å². The minimum Gasteiger partial charge on any atom is -0.257 e. The van der Waals surface area contributed by atoms with Crippen LogP contribution in [0.4, 0.5) is 8.78 Å². The molecule has 1 aromatic rings. The fraction of sp³-hybridized carbons (Fsp3) is 0.500. The molecule has 0 aromatic carbocycles. The predicted octanol–water partition coefficient (Wildman–Crippen LogP) is 0.844. The maximum Gasteiger partial charge on any atom is 0.303 e. The van der Waals surface area contributed by atoms with E-state index in [1.165, 1.54) is 0 Å². The zero-order valence-electron chi connectivity index (χ0n) is 6.25. The molecule has 74 valence electrons. The predicted molar refractivity (Wildman–Crippen MR) is 39.0 cm³/mol.